The average Bonchev–Trinajstić information content (AvgIpc) is 3.01. The molecule has 128 valence electrons. The van der Waals surface area contributed by atoms with E-state index in [0.717, 1.165) is 48.6 Å². The molecule has 2 rings (SSSR count). The number of unbranched alkanes of at least 4 members (excludes halogenated alkanes) is 6. The fourth-order valence-electron chi connectivity index (χ4n) is 2.44. The van der Waals surface area contributed by atoms with Crippen LogP contribution in [0.3, 0.4) is 0 Å². The summed E-state index contributed by atoms with van der Waals surface area (Å²) < 4.78 is 20.5. The lowest BCUT2D eigenvalue weighted by molar-refractivity contribution is 0.259. The summed E-state index contributed by atoms with van der Waals surface area (Å²) in [7, 11) is 0. The minimum Gasteiger partial charge on any atom is -0.490 e. The van der Waals surface area contributed by atoms with E-state index in [-0.39, 0.29) is 0 Å². The molecule has 5 heteroatoms. The lowest BCUT2D eigenvalue weighted by Crippen LogP contribution is -2.03. The molecule has 1 aromatic carbocycles. The molecule has 23 heavy (non-hydrogen) atoms. The van der Waals surface area contributed by atoms with Crippen LogP contribution in [0.1, 0.15) is 65.2 Å². The molecule has 0 radical (unpaired) electrons. The average molecular weight is 337 g/mol. The van der Waals surface area contributed by atoms with Gasteiger partial charge in [0.1, 0.15) is 11.0 Å². The van der Waals surface area contributed by atoms with Gasteiger partial charge in [0.25, 0.3) is 0 Å². The molecular weight excluding hydrogens is 308 g/mol. The fraction of sp³-hybridized carbons (Fsp3) is 0.667. The van der Waals surface area contributed by atoms with E-state index in [1.165, 1.54) is 50.3 Å². The highest BCUT2D eigenvalue weighted by molar-refractivity contribution is 7.00. The van der Waals surface area contributed by atoms with Crippen LogP contribution >= 0.6 is 11.7 Å². The summed E-state index contributed by atoms with van der Waals surface area (Å²) in [6, 6.07) is 3.92. The van der Waals surface area contributed by atoms with Crippen molar-refractivity contribution in [1.82, 2.24) is 8.75 Å². The van der Waals surface area contributed by atoms with Gasteiger partial charge in [-0.05, 0) is 12.8 Å². The first kappa shape index (κ1) is 18.0. The summed E-state index contributed by atoms with van der Waals surface area (Å²) in [5.74, 6) is 1.61. The molecule has 0 bridgehead atoms. The van der Waals surface area contributed by atoms with Crippen molar-refractivity contribution in [3.63, 3.8) is 0 Å². The standard InChI is InChI=1S/C18H28N2O2S/c1-3-5-7-9-11-21-17-13-15-16(20-23-19-15)14-18(17)22-12-10-8-6-4-2/h13-14H,3-12H2,1-2H3. The van der Waals surface area contributed by atoms with Crippen LogP contribution in [-0.4, -0.2) is 22.0 Å². The molecule has 0 aliphatic heterocycles. The van der Waals surface area contributed by atoms with E-state index in [9.17, 15) is 0 Å². The van der Waals surface area contributed by atoms with Crippen LogP contribution in [0.2, 0.25) is 0 Å². The van der Waals surface area contributed by atoms with Crippen LogP contribution in [-0.2, 0) is 0 Å². The molecule has 0 aliphatic rings. The van der Waals surface area contributed by atoms with Gasteiger partial charge in [-0.3, -0.25) is 0 Å². The second-order valence-corrected chi connectivity index (χ2v) is 6.40. The molecule has 0 unspecified atom stereocenters. The number of aromatic nitrogens is 2. The molecule has 1 aromatic heterocycles. The van der Waals surface area contributed by atoms with Crippen molar-refractivity contribution in [2.45, 2.75) is 65.2 Å². The monoisotopic (exact) mass is 336 g/mol. The normalized spacial score (nSPS) is 11.0. The third-order valence-corrected chi connectivity index (χ3v) is 4.39. The highest BCUT2D eigenvalue weighted by atomic mass is 32.1. The molecule has 0 N–H and O–H groups in total. The maximum Gasteiger partial charge on any atom is 0.163 e. The van der Waals surface area contributed by atoms with E-state index < -0.39 is 0 Å². The number of ether oxygens (including phenoxy) is 2. The molecule has 0 atom stereocenters. The number of fused-ring (bicyclic) bond motifs is 1. The van der Waals surface area contributed by atoms with Gasteiger partial charge in [0.05, 0.1) is 24.9 Å². The maximum absolute atomic E-state index is 5.95. The van der Waals surface area contributed by atoms with Crippen molar-refractivity contribution in [3.05, 3.63) is 12.1 Å². The van der Waals surface area contributed by atoms with Gasteiger partial charge in [-0.2, -0.15) is 8.75 Å². The first-order valence-electron chi connectivity index (χ1n) is 8.87. The molecule has 0 saturated carbocycles. The summed E-state index contributed by atoms with van der Waals surface area (Å²) in [5.41, 5.74) is 1.77. The number of hydrogen-bond acceptors (Lipinski definition) is 5. The zero-order valence-corrected chi connectivity index (χ0v) is 15.2. The minimum absolute atomic E-state index is 0.731. The Morgan fingerprint density at radius 1 is 0.739 bits per heavy atom. The van der Waals surface area contributed by atoms with Gasteiger partial charge >= 0.3 is 0 Å². The van der Waals surface area contributed by atoms with Crippen molar-refractivity contribution in [2.75, 3.05) is 13.2 Å². The van der Waals surface area contributed by atoms with Gasteiger partial charge in [0.15, 0.2) is 11.5 Å². The summed E-state index contributed by atoms with van der Waals surface area (Å²) in [4.78, 5) is 0. The molecule has 0 saturated heterocycles. The lowest BCUT2D eigenvalue weighted by Gasteiger charge is -2.13. The summed E-state index contributed by atoms with van der Waals surface area (Å²) in [6.45, 7) is 5.90. The van der Waals surface area contributed by atoms with Gasteiger partial charge in [-0.1, -0.05) is 52.4 Å². The van der Waals surface area contributed by atoms with Crippen LogP contribution < -0.4 is 9.47 Å². The first-order valence-corrected chi connectivity index (χ1v) is 9.60. The molecule has 4 nitrogen and oxygen atoms in total. The predicted octanol–water partition coefficient (Wildman–Crippen LogP) is 5.61. The van der Waals surface area contributed by atoms with Crippen molar-refractivity contribution in [3.8, 4) is 11.5 Å². The number of benzene rings is 1. The van der Waals surface area contributed by atoms with Crippen LogP contribution in [0.15, 0.2) is 12.1 Å². The van der Waals surface area contributed by atoms with Gasteiger partial charge in [-0.25, -0.2) is 0 Å². The van der Waals surface area contributed by atoms with Crippen LogP contribution in [0.25, 0.3) is 11.0 Å². The molecular formula is C18H28N2O2S. The van der Waals surface area contributed by atoms with Crippen LogP contribution in [0.4, 0.5) is 0 Å². The first-order chi connectivity index (χ1) is 11.3. The smallest absolute Gasteiger partial charge is 0.163 e. The van der Waals surface area contributed by atoms with E-state index >= 15 is 0 Å². The quantitative estimate of drug-likeness (QED) is 0.473. The fourth-order valence-corrected chi connectivity index (χ4v) is 2.95. The summed E-state index contributed by atoms with van der Waals surface area (Å²) >= 11 is 1.23. The van der Waals surface area contributed by atoms with Crippen LogP contribution in [0, 0.1) is 0 Å². The Morgan fingerprint density at radius 3 is 1.65 bits per heavy atom. The van der Waals surface area contributed by atoms with E-state index in [2.05, 4.69) is 22.6 Å². The van der Waals surface area contributed by atoms with Gasteiger partial charge in [0.2, 0.25) is 0 Å². The minimum atomic E-state index is 0.731. The Morgan fingerprint density at radius 2 is 1.22 bits per heavy atom. The zero-order chi connectivity index (χ0) is 16.3. The number of hydrogen-bond donors (Lipinski definition) is 0. The Hall–Kier alpha value is -1.36. The van der Waals surface area contributed by atoms with Gasteiger partial charge in [-0.15, -0.1) is 0 Å². The number of nitrogens with zero attached hydrogens (tertiary/aromatic N) is 2. The van der Waals surface area contributed by atoms with Crippen molar-refractivity contribution in [2.24, 2.45) is 0 Å². The Labute approximate surface area is 143 Å². The highest BCUT2D eigenvalue weighted by Crippen LogP contribution is 2.32. The van der Waals surface area contributed by atoms with Gasteiger partial charge < -0.3 is 9.47 Å². The molecule has 0 spiro atoms. The Balaban J connectivity index is 1.93. The summed E-state index contributed by atoms with van der Waals surface area (Å²) in [5, 5.41) is 0. The highest BCUT2D eigenvalue weighted by Gasteiger charge is 2.10. The summed E-state index contributed by atoms with van der Waals surface area (Å²) in [6.07, 6.45) is 9.59. The molecule has 2 aromatic rings. The Kier molecular flexibility index (Phi) is 8.15. The maximum atomic E-state index is 5.95. The predicted molar refractivity (Wildman–Crippen MR) is 96.7 cm³/mol. The second-order valence-electron chi connectivity index (χ2n) is 5.87. The third kappa shape index (κ3) is 5.98. The van der Waals surface area contributed by atoms with Crippen molar-refractivity contribution in [1.29, 1.82) is 0 Å². The van der Waals surface area contributed by atoms with Crippen molar-refractivity contribution >= 4 is 22.8 Å². The van der Waals surface area contributed by atoms with E-state index in [1.54, 1.807) is 0 Å². The molecule has 0 fully saturated rings. The Bertz CT molecular complexity index is 523. The molecule has 0 amide bonds. The topological polar surface area (TPSA) is 44.2 Å². The second kappa shape index (κ2) is 10.4. The largest absolute Gasteiger partial charge is 0.490 e. The SMILES string of the molecule is CCCCCCOc1cc2nsnc2cc1OCCCCCC. The third-order valence-electron chi connectivity index (χ3n) is 3.83. The van der Waals surface area contributed by atoms with E-state index in [1.807, 2.05) is 12.1 Å². The van der Waals surface area contributed by atoms with Gasteiger partial charge in [0, 0.05) is 12.1 Å². The van der Waals surface area contributed by atoms with E-state index in [4.69, 9.17) is 9.47 Å². The molecule has 0 aliphatic carbocycles. The van der Waals surface area contributed by atoms with E-state index in [0.29, 0.717) is 0 Å². The lowest BCUT2D eigenvalue weighted by atomic mass is 10.2. The van der Waals surface area contributed by atoms with Crippen LogP contribution in [0.5, 0.6) is 11.5 Å². The zero-order valence-electron chi connectivity index (χ0n) is 14.3. The van der Waals surface area contributed by atoms with Crippen molar-refractivity contribution < 1.29 is 9.47 Å². The molecule has 1 heterocycles. The number of rotatable bonds is 12.